The van der Waals surface area contributed by atoms with E-state index >= 15 is 0 Å². The Kier molecular flexibility index (Phi) is 9.14. The van der Waals surface area contributed by atoms with Crippen LogP contribution in [0.1, 0.15) is 58.8 Å². The Labute approximate surface area is 153 Å². The Hall–Kier alpha value is -0.710. The van der Waals surface area contributed by atoms with Crippen molar-refractivity contribution in [2.45, 2.75) is 64.4 Å². The number of carbonyl (C=O) groups is 1. The smallest absolute Gasteiger partial charge is 0.152 e. The summed E-state index contributed by atoms with van der Waals surface area (Å²) in [5.41, 5.74) is -0.590. The normalized spacial score (nSPS) is 28.6. The van der Waals surface area contributed by atoms with Gasteiger partial charge in [-0.05, 0) is 31.1 Å². The monoisotopic (exact) mass is 352 g/mol. The summed E-state index contributed by atoms with van der Waals surface area (Å²) in [6, 6.07) is 0. The lowest BCUT2D eigenvalue weighted by molar-refractivity contribution is -0.138. The van der Waals surface area contributed by atoms with E-state index in [0.717, 1.165) is 38.1 Å². The highest BCUT2D eigenvalue weighted by atomic mass is 16.6. The molecule has 0 spiro atoms. The molecule has 2 bridgehead atoms. The van der Waals surface area contributed by atoms with Crippen LogP contribution in [0.2, 0.25) is 0 Å². The topological polar surface area (TPSA) is 44.8 Å². The predicted octanol–water partition coefficient (Wildman–Crippen LogP) is 4.18. The molecule has 1 saturated carbocycles. The quantitative estimate of drug-likeness (QED) is 0.252. The molecule has 2 aliphatic carbocycles. The Morgan fingerprint density at radius 1 is 1.08 bits per heavy atom. The Morgan fingerprint density at radius 2 is 1.84 bits per heavy atom. The molecule has 4 unspecified atom stereocenters. The molecule has 0 heterocycles. The highest BCUT2D eigenvalue weighted by Gasteiger charge is 2.49. The molecular weight excluding hydrogens is 316 g/mol. The van der Waals surface area contributed by atoms with Crippen molar-refractivity contribution in [1.29, 1.82) is 0 Å². The number of hydrogen-bond acceptors (Lipinski definition) is 4. The number of fused-ring (bicyclic) bond motifs is 2. The summed E-state index contributed by atoms with van der Waals surface area (Å²) in [6.07, 6.45) is 13.6. The SMILES string of the molecule is CCCCC(CC)CCOCCOCCOC1(C=O)CC2C=CC1C2. The molecule has 0 aromatic carbocycles. The highest BCUT2D eigenvalue weighted by Crippen LogP contribution is 2.47. The fourth-order valence-electron chi connectivity index (χ4n) is 4.09. The second-order valence-electron chi connectivity index (χ2n) is 7.54. The van der Waals surface area contributed by atoms with Crippen LogP contribution in [-0.4, -0.2) is 44.9 Å². The van der Waals surface area contributed by atoms with E-state index in [1.165, 1.54) is 25.7 Å². The summed E-state index contributed by atoms with van der Waals surface area (Å²) in [6.45, 7) is 7.56. The standard InChI is InChI=1S/C21H36O4/c1-3-5-6-18(4-2)9-10-23-11-12-24-13-14-25-21(17-22)16-19-7-8-20(21)15-19/h7-8,17-20H,3-6,9-16H2,1-2H3. The van der Waals surface area contributed by atoms with E-state index in [4.69, 9.17) is 14.2 Å². The van der Waals surface area contributed by atoms with Gasteiger partial charge in [0.1, 0.15) is 5.60 Å². The van der Waals surface area contributed by atoms with E-state index < -0.39 is 5.60 Å². The first-order valence-electron chi connectivity index (χ1n) is 10.2. The molecule has 0 aromatic heterocycles. The molecule has 1 fully saturated rings. The van der Waals surface area contributed by atoms with Gasteiger partial charge in [-0.3, -0.25) is 0 Å². The van der Waals surface area contributed by atoms with E-state index in [-0.39, 0.29) is 5.92 Å². The van der Waals surface area contributed by atoms with Gasteiger partial charge in [-0.25, -0.2) is 0 Å². The summed E-state index contributed by atoms with van der Waals surface area (Å²) in [5.74, 6) is 1.58. The number of unbranched alkanes of at least 4 members (excludes halogenated alkanes) is 1. The number of allylic oxidation sites excluding steroid dienone is 1. The first kappa shape index (κ1) is 20.6. The van der Waals surface area contributed by atoms with Crippen LogP contribution in [0.25, 0.3) is 0 Å². The third-order valence-corrected chi connectivity index (χ3v) is 5.76. The van der Waals surface area contributed by atoms with Gasteiger partial charge in [0.2, 0.25) is 0 Å². The molecule has 0 aromatic rings. The summed E-state index contributed by atoms with van der Waals surface area (Å²) in [4.78, 5) is 11.5. The molecule has 25 heavy (non-hydrogen) atoms. The van der Waals surface area contributed by atoms with Crippen molar-refractivity contribution < 1.29 is 19.0 Å². The first-order chi connectivity index (χ1) is 12.2. The third-order valence-electron chi connectivity index (χ3n) is 5.76. The molecule has 0 radical (unpaired) electrons. The second-order valence-corrected chi connectivity index (χ2v) is 7.54. The molecule has 144 valence electrons. The third kappa shape index (κ3) is 6.19. The van der Waals surface area contributed by atoms with Gasteiger partial charge in [0.15, 0.2) is 6.29 Å². The van der Waals surface area contributed by atoms with Crippen LogP contribution in [0.15, 0.2) is 12.2 Å². The largest absolute Gasteiger partial charge is 0.379 e. The van der Waals surface area contributed by atoms with Crippen molar-refractivity contribution in [2.75, 3.05) is 33.0 Å². The highest BCUT2D eigenvalue weighted by molar-refractivity contribution is 5.65. The van der Waals surface area contributed by atoms with Gasteiger partial charge in [-0.15, -0.1) is 0 Å². The minimum absolute atomic E-state index is 0.262. The zero-order valence-electron chi connectivity index (χ0n) is 16.1. The van der Waals surface area contributed by atoms with E-state index in [0.29, 0.717) is 32.3 Å². The van der Waals surface area contributed by atoms with E-state index in [9.17, 15) is 4.79 Å². The van der Waals surface area contributed by atoms with Crippen LogP contribution in [0, 0.1) is 17.8 Å². The zero-order valence-corrected chi connectivity index (χ0v) is 16.1. The summed E-state index contributed by atoms with van der Waals surface area (Å²) < 4.78 is 17.2. The average molecular weight is 353 g/mol. The Morgan fingerprint density at radius 3 is 2.44 bits per heavy atom. The van der Waals surface area contributed by atoms with Crippen LogP contribution in [0.4, 0.5) is 0 Å². The molecule has 4 atom stereocenters. The van der Waals surface area contributed by atoms with Gasteiger partial charge in [-0.1, -0.05) is 51.7 Å². The molecule has 0 aliphatic heterocycles. The van der Waals surface area contributed by atoms with Crippen molar-refractivity contribution in [3.63, 3.8) is 0 Å². The van der Waals surface area contributed by atoms with Crippen molar-refractivity contribution in [1.82, 2.24) is 0 Å². The van der Waals surface area contributed by atoms with Gasteiger partial charge in [0.25, 0.3) is 0 Å². The Bertz CT molecular complexity index is 409. The van der Waals surface area contributed by atoms with Crippen molar-refractivity contribution in [3.05, 3.63) is 12.2 Å². The molecule has 0 saturated heterocycles. The predicted molar refractivity (Wildman–Crippen MR) is 99.7 cm³/mol. The average Bonchev–Trinajstić information content (AvgIpc) is 3.24. The molecule has 0 N–H and O–H groups in total. The Balaban J connectivity index is 1.45. The van der Waals surface area contributed by atoms with E-state index in [2.05, 4.69) is 26.0 Å². The van der Waals surface area contributed by atoms with Gasteiger partial charge >= 0.3 is 0 Å². The van der Waals surface area contributed by atoms with Gasteiger partial charge in [0, 0.05) is 12.5 Å². The van der Waals surface area contributed by atoms with Crippen molar-refractivity contribution in [2.24, 2.45) is 17.8 Å². The van der Waals surface area contributed by atoms with Crippen LogP contribution in [0.5, 0.6) is 0 Å². The number of hydrogen-bond donors (Lipinski definition) is 0. The zero-order chi connectivity index (χ0) is 18.0. The van der Waals surface area contributed by atoms with Crippen LogP contribution in [-0.2, 0) is 19.0 Å². The lowest BCUT2D eigenvalue weighted by atomic mass is 9.89. The number of aldehydes is 1. The summed E-state index contributed by atoms with van der Waals surface area (Å²) >= 11 is 0. The fourth-order valence-corrected chi connectivity index (χ4v) is 4.09. The first-order valence-corrected chi connectivity index (χ1v) is 10.2. The molecular formula is C21H36O4. The second kappa shape index (κ2) is 11.1. The van der Waals surface area contributed by atoms with Crippen LogP contribution < -0.4 is 0 Å². The molecule has 4 heteroatoms. The van der Waals surface area contributed by atoms with Crippen LogP contribution >= 0.6 is 0 Å². The van der Waals surface area contributed by atoms with Crippen molar-refractivity contribution >= 4 is 6.29 Å². The lowest BCUT2D eigenvalue weighted by Crippen LogP contribution is -2.39. The molecule has 2 rings (SSSR count). The fraction of sp³-hybridized carbons (Fsp3) is 0.857. The molecule has 4 nitrogen and oxygen atoms in total. The van der Waals surface area contributed by atoms with Gasteiger partial charge in [-0.2, -0.15) is 0 Å². The summed E-state index contributed by atoms with van der Waals surface area (Å²) in [7, 11) is 0. The molecule has 0 amide bonds. The maximum absolute atomic E-state index is 11.5. The number of rotatable bonds is 15. The minimum Gasteiger partial charge on any atom is -0.379 e. The van der Waals surface area contributed by atoms with E-state index in [1.807, 2.05) is 0 Å². The number of carbonyl (C=O) groups excluding carboxylic acids is 1. The van der Waals surface area contributed by atoms with E-state index in [1.54, 1.807) is 0 Å². The lowest BCUT2D eigenvalue weighted by Gasteiger charge is -2.29. The molecule has 2 aliphatic rings. The maximum atomic E-state index is 11.5. The number of ether oxygens (including phenoxy) is 3. The minimum atomic E-state index is -0.590. The van der Waals surface area contributed by atoms with Crippen molar-refractivity contribution in [3.8, 4) is 0 Å². The van der Waals surface area contributed by atoms with Gasteiger partial charge < -0.3 is 19.0 Å². The van der Waals surface area contributed by atoms with Gasteiger partial charge in [0.05, 0.1) is 26.4 Å². The summed E-state index contributed by atoms with van der Waals surface area (Å²) in [5, 5.41) is 0. The van der Waals surface area contributed by atoms with Crippen LogP contribution in [0.3, 0.4) is 0 Å². The maximum Gasteiger partial charge on any atom is 0.152 e.